The van der Waals surface area contributed by atoms with Gasteiger partial charge in [-0.3, -0.25) is 0 Å². The minimum Gasteiger partial charge on any atom is -0.394 e. The van der Waals surface area contributed by atoms with Gasteiger partial charge in [0.25, 0.3) is 0 Å². The molecule has 12 heavy (non-hydrogen) atoms. The second-order valence-electron chi connectivity index (χ2n) is 3.55. The van der Waals surface area contributed by atoms with Gasteiger partial charge in [0.05, 0.1) is 12.6 Å². The van der Waals surface area contributed by atoms with Crippen LogP contribution in [0.1, 0.15) is 13.8 Å². The van der Waals surface area contributed by atoms with Crippen LogP contribution in [0.5, 0.6) is 0 Å². The van der Waals surface area contributed by atoms with Crippen LogP contribution >= 0.6 is 0 Å². The maximum Gasteiger partial charge on any atom is 0.0701 e. The number of hydrogen-bond donors (Lipinski definition) is 1. The molecule has 0 bridgehead atoms. The first-order valence-electron chi connectivity index (χ1n) is 4.38. The summed E-state index contributed by atoms with van der Waals surface area (Å²) in [5, 5.41) is 9.04. The first-order chi connectivity index (χ1) is 5.65. The fourth-order valence-electron chi connectivity index (χ4n) is 1.28. The van der Waals surface area contributed by atoms with Gasteiger partial charge in [0.2, 0.25) is 0 Å². The normalized spacial score (nSPS) is 23.2. The van der Waals surface area contributed by atoms with Crippen LogP contribution in [-0.2, 0) is 0 Å². The van der Waals surface area contributed by atoms with Crippen molar-refractivity contribution >= 4 is 0 Å². The average molecular weight is 167 g/mol. The Labute approximate surface area is 74.2 Å². The molecular weight excluding hydrogens is 150 g/mol. The fraction of sp³-hybridized carbons (Fsp3) is 0.600. The van der Waals surface area contributed by atoms with E-state index in [1.807, 2.05) is 18.1 Å². The molecule has 0 aromatic rings. The smallest absolute Gasteiger partial charge is 0.0701 e. The molecule has 0 aromatic carbocycles. The Morgan fingerprint density at radius 1 is 1.58 bits per heavy atom. The van der Waals surface area contributed by atoms with Gasteiger partial charge in [-0.2, -0.15) is 0 Å². The number of allylic oxidation sites excluding steroid dienone is 2. The highest BCUT2D eigenvalue weighted by atomic mass is 16.3. The molecule has 1 aliphatic rings. The summed E-state index contributed by atoms with van der Waals surface area (Å²) in [6.45, 7) is 4.52. The van der Waals surface area contributed by atoms with Crippen LogP contribution in [0.25, 0.3) is 0 Å². The highest BCUT2D eigenvalue weighted by Crippen LogP contribution is 2.18. The molecule has 68 valence electrons. The Kier molecular flexibility index (Phi) is 2.93. The van der Waals surface area contributed by atoms with Crippen molar-refractivity contribution in [1.29, 1.82) is 0 Å². The summed E-state index contributed by atoms with van der Waals surface area (Å²) in [6.07, 6.45) is 6.26. The molecule has 1 N–H and O–H groups in total. The number of aliphatic hydroxyl groups is 1. The molecule has 0 aromatic heterocycles. The van der Waals surface area contributed by atoms with Crippen LogP contribution < -0.4 is 0 Å². The Morgan fingerprint density at radius 3 is 2.75 bits per heavy atom. The van der Waals surface area contributed by atoms with E-state index in [1.165, 1.54) is 5.57 Å². The van der Waals surface area contributed by atoms with Crippen molar-refractivity contribution in [3.05, 3.63) is 23.9 Å². The van der Waals surface area contributed by atoms with Gasteiger partial charge in [-0.15, -0.1) is 0 Å². The molecule has 0 radical (unpaired) electrons. The number of likely N-dealkylation sites (N-methyl/N-ethyl adjacent to an activating group) is 1. The molecule has 1 unspecified atom stereocenters. The van der Waals surface area contributed by atoms with Crippen LogP contribution in [0.3, 0.4) is 0 Å². The molecule has 1 atom stereocenters. The molecule has 2 nitrogen and oxygen atoms in total. The third-order valence-electron chi connectivity index (χ3n) is 2.26. The van der Waals surface area contributed by atoms with E-state index in [0.29, 0.717) is 5.92 Å². The van der Waals surface area contributed by atoms with Crippen LogP contribution in [0.2, 0.25) is 0 Å². The Bertz CT molecular complexity index is 206. The molecule has 2 heteroatoms. The highest BCUT2D eigenvalue weighted by Gasteiger charge is 2.13. The van der Waals surface area contributed by atoms with Gasteiger partial charge in [0.1, 0.15) is 0 Å². The lowest BCUT2D eigenvalue weighted by molar-refractivity contribution is 0.210. The van der Waals surface area contributed by atoms with Crippen molar-refractivity contribution in [2.45, 2.75) is 19.9 Å². The van der Waals surface area contributed by atoms with Crippen LogP contribution in [-0.4, -0.2) is 29.7 Å². The summed E-state index contributed by atoms with van der Waals surface area (Å²) in [6, 6.07) is 0.160. The van der Waals surface area contributed by atoms with E-state index in [0.717, 1.165) is 0 Å². The van der Waals surface area contributed by atoms with E-state index < -0.39 is 0 Å². The van der Waals surface area contributed by atoms with Crippen LogP contribution in [0, 0.1) is 5.92 Å². The lowest BCUT2D eigenvalue weighted by Crippen LogP contribution is -2.31. The maximum atomic E-state index is 9.04. The van der Waals surface area contributed by atoms with Crippen molar-refractivity contribution in [2.24, 2.45) is 5.92 Å². The van der Waals surface area contributed by atoms with E-state index in [1.54, 1.807) is 0 Å². The Hall–Kier alpha value is -0.760. The van der Waals surface area contributed by atoms with E-state index in [4.69, 9.17) is 5.11 Å². The van der Waals surface area contributed by atoms with Crippen LogP contribution in [0.4, 0.5) is 0 Å². The largest absolute Gasteiger partial charge is 0.394 e. The van der Waals surface area contributed by atoms with Crippen LogP contribution in [0.15, 0.2) is 23.9 Å². The van der Waals surface area contributed by atoms with Crippen molar-refractivity contribution in [3.8, 4) is 0 Å². The number of rotatable bonds is 2. The minimum absolute atomic E-state index is 0.160. The van der Waals surface area contributed by atoms with E-state index in [-0.39, 0.29) is 12.6 Å². The number of hydrogen-bond acceptors (Lipinski definition) is 2. The topological polar surface area (TPSA) is 23.5 Å². The highest BCUT2D eigenvalue weighted by molar-refractivity contribution is 5.26. The molecule has 1 heterocycles. The second-order valence-corrected chi connectivity index (χ2v) is 3.55. The molecule has 0 saturated heterocycles. The summed E-state index contributed by atoms with van der Waals surface area (Å²) in [7, 11) is 1.98. The SMILES string of the molecule is CC(C)C1=CC(CO)N(C)C=C1. The number of nitrogens with zero attached hydrogens (tertiary/aromatic N) is 1. The van der Waals surface area contributed by atoms with Gasteiger partial charge >= 0.3 is 0 Å². The summed E-state index contributed by atoms with van der Waals surface area (Å²) >= 11 is 0. The van der Waals surface area contributed by atoms with Crippen molar-refractivity contribution in [3.63, 3.8) is 0 Å². The summed E-state index contributed by atoms with van der Waals surface area (Å²) in [4.78, 5) is 2.02. The van der Waals surface area contributed by atoms with Gasteiger partial charge < -0.3 is 10.0 Å². The summed E-state index contributed by atoms with van der Waals surface area (Å²) < 4.78 is 0. The average Bonchev–Trinajstić information content (AvgIpc) is 2.05. The zero-order chi connectivity index (χ0) is 9.14. The zero-order valence-corrected chi connectivity index (χ0v) is 7.99. The predicted molar refractivity (Wildman–Crippen MR) is 50.7 cm³/mol. The molecule has 1 aliphatic heterocycles. The van der Waals surface area contributed by atoms with E-state index in [9.17, 15) is 0 Å². The quantitative estimate of drug-likeness (QED) is 0.671. The Morgan fingerprint density at radius 2 is 2.25 bits per heavy atom. The molecular formula is C10H17NO. The predicted octanol–water partition coefficient (Wildman–Crippen LogP) is 1.39. The third kappa shape index (κ3) is 1.89. The Balaban J connectivity index is 2.73. The molecule has 0 aliphatic carbocycles. The standard InChI is InChI=1S/C10H17NO/c1-8(2)9-4-5-11(3)10(6-9)7-12/h4-6,8,10,12H,7H2,1-3H3. The minimum atomic E-state index is 0.160. The van der Waals surface area contributed by atoms with Crippen molar-refractivity contribution in [2.75, 3.05) is 13.7 Å². The van der Waals surface area contributed by atoms with E-state index in [2.05, 4.69) is 26.0 Å². The van der Waals surface area contributed by atoms with Gasteiger partial charge in [-0.25, -0.2) is 0 Å². The van der Waals surface area contributed by atoms with E-state index >= 15 is 0 Å². The maximum absolute atomic E-state index is 9.04. The summed E-state index contributed by atoms with van der Waals surface area (Å²) in [5.74, 6) is 0.545. The molecule has 0 amide bonds. The van der Waals surface area contributed by atoms with Gasteiger partial charge in [0, 0.05) is 7.05 Å². The van der Waals surface area contributed by atoms with Gasteiger partial charge in [-0.05, 0) is 23.8 Å². The zero-order valence-electron chi connectivity index (χ0n) is 7.99. The molecule has 0 spiro atoms. The van der Waals surface area contributed by atoms with Gasteiger partial charge in [-0.1, -0.05) is 19.9 Å². The first-order valence-corrected chi connectivity index (χ1v) is 4.38. The summed E-state index contributed by atoms with van der Waals surface area (Å²) in [5.41, 5.74) is 1.31. The molecule has 1 rings (SSSR count). The van der Waals surface area contributed by atoms with Gasteiger partial charge in [0.15, 0.2) is 0 Å². The lowest BCUT2D eigenvalue weighted by atomic mass is 9.98. The lowest BCUT2D eigenvalue weighted by Gasteiger charge is -2.27. The number of aliphatic hydroxyl groups excluding tert-OH is 1. The molecule has 0 saturated carbocycles. The fourth-order valence-corrected chi connectivity index (χ4v) is 1.28. The third-order valence-corrected chi connectivity index (χ3v) is 2.26. The first kappa shape index (κ1) is 9.33. The van der Waals surface area contributed by atoms with Crippen molar-refractivity contribution < 1.29 is 5.11 Å². The van der Waals surface area contributed by atoms with Crippen molar-refractivity contribution in [1.82, 2.24) is 4.90 Å². The second kappa shape index (κ2) is 3.76. The molecule has 0 fully saturated rings. The monoisotopic (exact) mass is 167 g/mol.